The minimum absolute atomic E-state index is 0.707. The molecule has 11 aromatic carbocycles. The Kier molecular flexibility index (Phi) is 11.6. The van der Waals surface area contributed by atoms with Gasteiger partial charge in [-0.05, 0) is 150 Å². The summed E-state index contributed by atoms with van der Waals surface area (Å²) in [5.74, 6) is 3.20. The average molecular weight is 1200 g/mol. The zero-order chi connectivity index (χ0) is 54.7. The van der Waals surface area contributed by atoms with Gasteiger partial charge in [0.25, 0.3) is 0 Å². The van der Waals surface area contributed by atoms with E-state index in [2.05, 4.69) is 250 Å². The first-order valence-electron chi connectivity index (χ1n) is 26.8. The van der Waals surface area contributed by atoms with E-state index in [9.17, 15) is 0 Å². The molecule has 0 saturated heterocycles. The number of ether oxygens (including phenoxy) is 4. The standard InChI is InChI=1S/C72H48Br2N2O4S/c1-77-47-29-19-41(20-30-47)71(42-21-31-48(78-2)32-22-42)59-15-7-5-11-53(59)63-55(13-9-17-61(63)71)69-67-68(76-66-52-38-28-46(74)40-58(52)57-39-45(73)27-37-51(57)65(66)75-67)70(81-69)56-14-10-18-62-64(56)54-12-6-8-16-60(54)72(62,43-23-33-49(79-3)34-24-43)44-25-35-50(80-4)36-26-44/h5-40H,1-4H3. The van der Waals surface area contributed by atoms with Crippen molar-refractivity contribution < 1.29 is 18.9 Å². The second-order valence-corrected chi connectivity index (χ2v) is 23.6. The largest absolute Gasteiger partial charge is 0.497 e. The molecule has 0 aliphatic heterocycles. The van der Waals surface area contributed by atoms with E-state index >= 15 is 0 Å². The van der Waals surface area contributed by atoms with Crippen LogP contribution in [0.25, 0.3) is 86.7 Å². The Bertz CT molecular complexity index is 4320. The number of methoxy groups -OCH3 is 4. The molecule has 6 nitrogen and oxygen atoms in total. The van der Waals surface area contributed by atoms with Gasteiger partial charge in [-0.25, -0.2) is 9.97 Å². The lowest BCUT2D eigenvalue weighted by Crippen LogP contribution is -2.28. The number of hydrogen-bond donors (Lipinski definition) is 0. The Labute approximate surface area is 489 Å². The highest BCUT2D eigenvalue weighted by Crippen LogP contribution is 2.63. The Hall–Kier alpha value is -8.60. The number of rotatable bonds is 10. The second kappa shape index (κ2) is 19.0. The summed E-state index contributed by atoms with van der Waals surface area (Å²) in [6, 6.07) is 78.9. The molecule has 390 valence electrons. The van der Waals surface area contributed by atoms with E-state index in [-0.39, 0.29) is 0 Å². The van der Waals surface area contributed by atoms with Gasteiger partial charge in [-0.2, -0.15) is 0 Å². The summed E-state index contributed by atoms with van der Waals surface area (Å²) >= 11 is 9.44. The third kappa shape index (κ3) is 7.14. The molecule has 0 bridgehead atoms. The van der Waals surface area contributed by atoms with Gasteiger partial charge in [0.15, 0.2) is 0 Å². The number of aromatic nitrogens is 2. The zero-order valence-corrected chi connectivity index (χ0v) is 48.5. The van der Waals surface area contributed by atoms with Crippen molar-refractivity contribution in [2.24, 2.45) is 0 Å². The number of benzene rings is 11. The van der Waals surface area contributed by atoms with Crippen LogP contribution in [0.2, 0.25) is 0 Å². The summed E-state index contributed by atoms with van der Waals surface area (Å²) in [5.41, 5.74) is 18.1. The van der Waals surface area contributed by atoms with Gasteiger partial charge in [-0.15, -0.1) is 11.3 Å². The second-order valence-electron chi connectivity index (χ2n) is 20.7. The van der Waals surface area contributed by atoms with Crippen LogP contribution in [0.15, 0.2) is 227 Å². The molecule has 9 heteroatoms. The third-order valence-corrected chi connectivity index (χ3v) is 19.2. The Morgan fingerprint density at radius 2 is 0.642 bits per heavy atom. The molecule has 2 aliphatic rings. The van der Waals surface area contributed by atoms with Gasteiger partial charge in [0.05, 0.1) is 60.1 Å². The van der Waals surface area contributed by atoms with E-state index in [1.54, 1.807) is 39.8 Å². The van der Waals surface area contributed by atoms with E-state index < -0.39 is 10.8 Å². The van der Waals surface area contributed by atoms with Crippen molar-refractivity contribution in [3.8, 4) is 66.1 Å². The molecule has 0 radical (unpaired) electrons. The van der Waals surface area contributed by atoms with Gasteiger partial charge in [0.2, 0.25) is 0 Å². The predicted octanol–water partition coefficient (Wildman–Crippen LogP) is 18.8. The van der Waals surface area contributed by atoms with Crippen LogP contribution < -0.4 is 18.9 Å². The highest BCUT2D eigenvalue weighted by Gasteiger charge is 2.49. The van der Waals surface area contributed by atoms with Crippen LogP contribution in [0.5, 0.6) is 23.0 Å². The molecule has 2 heterocycles. The van der Waals surface area contributed by atoms with Crippen molar-refractivity contribution in [2.45, 2.75) is 10.8 Å². The molecule has 81 heavy (non-hydrogen) atoms. The molecule has 15 rings (SSSR count). The van der Waals surface area contributed by atoms with E-state index in [0.29, 0.717) is 0 Å². The number of fused-ring (bicyclic) bond motifs is 13. The van der Waals surface area contributed by atoms with Crippen molar-refractivity contribution in [1.29, 1.82) is 0 Å². The highest BCUT2D eigenvalue weighted by molar-refractivity contribution is 9.10. The Balaban J connectivity index is 1.07. The van der Waals surface area contributed by atoms with Crippen LogP contribution >= 0.6 is 43.2 Å². The summed E-state index contributed by atoms with van der Waals surface area (Å²) in [4.78, 5) is 14.0. The fourth-order valence-corrected chi connectivity index (χ4v) is 15.5. The van der Waals surface area contributed by atoms with Crippen LogP contribution in [0, 0.1) is 0 Å². The fourth-order valence-electron chi connectivity index (χ4n) is 13.6. The minimum atomic E-state index is -0.707. The Morgan fingerprint density at radius 3 is 0.988 bits per heavy atom. The summed E-state index contributed by atoms with van der Waals surface area (Å²) in [5, 5.41) is 4.27. The van der Waals surface area contributed by atoms with Crippen molar-refractivity contribution in [3.05, 3.63) is 272 Å². The molecular weight excluding hydrogens is 1150 g/mol. The molecular formula is C72H48Br2N2O4S. The quantitative estimate of drug-likeness (QED) is 0.127. The van der Waals surface area contributed by atoms with Gasteiger partial charge in [0, 0.05) is 30.8 Å². The molecule has 0 N–H and O–H groups in total. The van der Waals surface area contributed by atoms with Gasteiger partial charge in [0.1, 0.15) is 34.0 Å². The van der Waals surface area contributed by atoms with Crippen LogP contribution in [0.4, 0.5) is 0 Å². The van der Waals surface area contributed by atoms with Crippen LogP contribution in [-0.2, 0) is 10.8 Å². The first kappa shape index (κ1) is 49.4. The van der Waals surface area contributed by atoms with Crippen molar-refractivity contribution in [2.75, 3.05) is 28.4 Å². The normalized spacial score (nSPS) is 13.5. The number of nitrogens with zero attached hydrogens (tertiary/aromatic N) is 2. The first-order chi connectivity index (χ1) is 39.8. The summed E-state index contributed by atoms with van der Waals surface area (Å²) in [6.45, 7) is 0. The van der Waals surface area contributed by atoms with Crippen molar-refractivity contribution >= 4 is 86.8 Å². The molecule has 0 amide bonds. The third-order valence-electron chi connectivity index (χ3n) is 17.0. The topological polar surface area (TPSA) is 62.7 Å². The van der Waals surface area contributed by atoms with Crippen molar-refractivity contribution in [3.63, 3.8) is 0 Å². The average Bonchev–Trinajstić information content (AvgIpc) is 2.84. The Morgan fingerprint density at radius 1 is 0.321 bits per heavy atom. The molecule has 2 aromatic heterocycles. The van der Waals surface area contributed by atoms with E-state index in [4.69, 9.17) is 28.9 Å². The van der Waals surface area contributed by atoms with Gasteiger partial charge >= 0.3 is 0 Å². The van der Waals surface area contributed by atoms with Gasteiger partial charge in [-0.3, -0.25) is 0 Å². The van der Waals surface area contributed by atoms with Gasteiger partial charge in [-0.1, -0.05) is 177 Å². The van der Waals surface area contributed by atoms with Crippen LogP contribution in [0.3, 0.4) is 0 Å². The van der Waals surface area contributed by atoms with E-state index in [0.717, 1.165) is 141 Å². The molecule has 0 unspecified atom stereocenters. The molecule has 2 aliphatic carbocycles. The number of hydrogen-bond acceptors (Lipinski definition) is 7. The lowest BCUT2D eigenvalue weighted by molar-refractivity contribution is 0.414. The summed E-state index contributed by atoms with van der Waals surface area (Å²) in [7, 11) is 6.87. The van der Waals surface area contributed by atoms with Crippen LogP contribution in [0.1, 0.15) is 44.5 Å². The van der Waals surface area contributed by atoms with E-state index in [1.807, 2.05) is 0 Å². The smallest absolute Gasteiger partial charge is 0.118 e. The zero-order valence-electron chi connectivity index (χ0n) is 44.5. The summed E-state index contributed by atoms with van der Waals surface area (Å²) < 4.78 is 25.1. The molecule has 0 fully saturated rings. The van der Waals surface area contributed by atoms with Gasteiger partial charge < -0.3 is 18.9 Å². The maximum atomic E-state index is 5.97. The maximum absolute atomic E-state index is 5.97. The maximum Gasteiger partial charge on any atom is 0.118 e. The van der Waals surface area contributed by atoms with Crippen molar-refractivity contribution in [1.82, 2.24) is 9.97 Å². The predicted molar refractivity (Wildman–Crippen MR) is 337 cm³/mol. The molecule has 0 saturated carbocycles. The SMILES string of the molecule is COc1ccc(C2(c3ccc(OC)cc3)c3ccccc3-c3c(-c4sc(-c5cccc6c5-c5ccccc5C6(c5ccc(OC)cc5)c5ccc(OC)cc5)c5nc6c7ccc(Br)cc7c7cc(Br)ccc7c6nc45)cccc32)cc1. The molecule has 0 spiro atoms. The first-order valence-corrected chi connectivity index (χ1v) is 29.2. The number of halogens is 2. The molecule has 0 atom stereocenters. The highest BCUT2D eigenvalue weighted by atomic mass is 79.9. The lowest BCUT2D eigenvalue weighted by Gasteiger charge is -2.34. The summed E-state index contributed by atoms with van der Waals surface area (Å²) in [6.07, 6.45) is 0. The molecule has 13 aromatic rings. The number of thiophene rings is 1. The lowest BCUT2D eigenvalue weighted by atomic mass is 9.67. The minimum Gasteiger partial charge on any atom is -0.497 e. The monoisotopic (exact) mass is 1190 g/mol. The fraction of sp³-hybridized carbons (Fsp3) is 0.0833. The van der Waals surface area contributed by atoms with Crippen LogP contribution in [-0.4, -0.2) is 38.4 Å². The van der Waals surface area contributed by atoms with E-state index in [1.165, 1.54) is 22.3 Å².